The Morgan fingerprint density at radius 2 is 1.80 bits per heavy atom. The van der Waals surface area contributed by atoms with Crippen molar-refractivity contribution in [2.45, 2.75) is 45.2 Å². The molecule has 144 valence electrons. The maximum atomic E-state index is 12.6. The van der Waals surface area contributed by atoms with Crippen LogP contribution in [0.15, 0.2) is 28.7 Å². The summed E-state index contributed by atoms with van der Waals surface area (Å²) in [5, 5.41) is 3.14. The molecule has 0 aromatic heterocycles. The van der Waals surface area contributed by atoms with Gasteiger partial charge in [0.25, 0.3) is 0 Å². The number of piperidine rings is 1. The number of benzene rings is 1. The fourth-order valence-corrected chi connectivity index (χ4v) is 3.30. The highest BCUT2D eigenvalue weighted by Crippen LogP contribution is 2.22. The van der Waals surface area contributed by atoms with Crippen LogP contribution in [0.4, 0.5) is 0 Å². The van der Waals surface area contributed by atoms with Gasteiger partial charge in [-0.25, -0.2) is 0 Å². The Hall–Kier alpha value is -0.330. The first-order valence-corrected chi connectivity index (χ1v) is 9.16. The Bertz CT molecular complexity index is 530. The Morgan fingerprint density at radius 3 is 2.28 bits per heavy atom. The summed E-state index contributed by atoms with van der Waals surface area (Å²) in [5.41, 5.74) is 6.13. The van der Waals surface area contributed by atoms with Crippen molar-refractivity contribution < 1.29 is 4.79 Å². The Balaban J connectivity index is 0.00000288. The minimum Gasteiger partial charge on any atom is -0.351 e. The minimum absolute atomic E-state index is 0. The van der Waals surface area contributed by atoms with E-state index in [0.29, 0.717) is 5.92 Å². The van der Waals surface area contributed by atoms with Crippen molar-refractivity contribution in [3.8, 4) is 0 Å². The first-order valence-electron chi connectivity index (χ1n) is 8.37. The van der Waals surface area contributed by atoms with Crippen LogP contribution in [-0.4, -0.2) is 36.5 Å². The highest BCUT2D eigenvalue weighted by atomic mass is 79.9. The molecule has 25 heavy (non-hydrogen) atoms. The smallest absolute Gasteiger partial charge is 0.244 e. The zero-order valence-electron chi connectivity index (χ0n) is 15.1. The topological polar surface area (TPSA) is 58.4 Å². The third kappa shape index (κ3) is 7.06. The van der Waals surface area contributed by atoms with Crippen LogP contribution in [0.25, 0.3) is 0 Å². The van der Waals surface area contributed by atoms with Crippen molar-refractivity contribution in [2.75, 3.05) is 19.6 Å². The van der Waals surface area contributed by atoms with Gasteiger partial charge in [-0.15, -0.1) is 24.8 Å². The van der Waals surface area contributed by atoms with Gasteiger partial charge in [-0.05, 0) is 43.4 Å². The lowest BCUT2D eigenvalue weighted by atomic mass is 9.91. The predicted molar refractivity (Wildman–Crippen MR) is 113 cm³/mol. The number of hydrogen-bond donors (Lipinski definition) is 2. The van der Waals surface area contributed by atoms with Gasteiger partial charge in [0.15, 0.2) is 0 Å². The lowest BCUT2D eigenvalue weighted by Gasteiger charge is -2.35. The number of hydrogen-bond acceptors (Lipinski definition) is 3. The van der Waals surface area contributed by atoms with Gasteiger partial charge < -0.3 is 16.0 Å². The molecule has 2 rings (SSSR count). The van der Waals surface area contributed by atoms with E-state index >= 15 is 0 Å². The monoisotopic (exact) mass is 453 g/mol. The molecule has 0 aliphatic carbocycles. The van der Waals surface area contributed by atoms with Crippen molar-refractivity contribution in [1.29, 1.82) is 0 Å². The van der Waals surface area contributed by atoms with E-state index in [-0.39, 0.29) is 36.8 Å². The summed E-state index contributed by atoms with van der Waals surface area (Å²) in [5.74, 6) is 0.591. The highest BCUT2D eigenvalue weighted by Gasteiger charge is 2.32. The van der Waals surface area contributed by atoms with Crippen molar-refractivity contribution in [3.05, 3.63) is 34.3 Å². The van der Waals surface area contributed by atoms with E-state index in [9.17, 15) is 4.79 Å². The summed E-state index contributed by atoms with van der Waals surface area (Å²) >= 11 is 3.41. The molecular weight excluding hydrogens is 425 g/mol. The van der Waals surface area contributed by atoms with Gasteiger partial charge in [0.1, 0.15) is 5.54 Å². The van der Waals surface area contributed by atoms with Crippen LogP contribution in [0, 0.1) is 5.92 Å². The summed E-state index contributed by atoms with van der Waals surface area (Å²) < 4.78 is 0.981. The van der Waals surface area contributed by atoms with E-state index in [1.807, 2.05) is 24.3 Å². The van der Waals surface area contributed by atoms with E-state index < -0.39 is 5.54 Å². The van der Waals surface area contributed by atoms with Crippen LogP contribution in [0.2, 0.25) is 0 Å². The number of rotatable bonds is 5. The molecule has 1 amide bonds. The molecule has 1 aliphatic rings. The fraction of sp³-hybridized carbons (Fsp3) is 0.611. The quantitative estimate of drug-likeness (QED) is 0.712. The fourth-order valence-electron chi connectivity index (χ4n) is 3.04. The first-order chi connectivity index (χ1) is 10.8. The molecule has 7 heteroatoms. The largest absolute Gasteiger partial charge is 0.351 e. The van der Waals surface area contributed by atoms with Gasteiger partial charge in [0, 0.05) is 30.1 Å². The number of carbonyl (C=O) groups excluding carboxylic acids is 1. The summed E-state index contributed by atoms with van der Waals surface area (Å²) in [6, 6.07) is 7.85. The zero-order chi connectivity index (χ0) is 17.0. The molecule has 0 spiro atoms. The second-order valence-corrected chi connectivity index (χ2v) is 8.07. The van der Waals surface area contributed by atoms with E-state index in [2.05, 4.69) is 40.0 Å². The van der Waals surface area contributed by atoms with Crippen molar-refractivity contribution in [1.82, 2.24) is 10.2 Å². The Labute approximate surface area is 172 Å². The molecule has 1 unspecified atom stereocenters. The molecule has 1 heterocycles. The molecule has 1 fully saturated rings. The van der Waals surface area contributed by atoms with Crippen LogP contribution >= 0.6 is 40.7 Å². The van der Waals surface area contributed by atoms with E-state index in [1.54, 1.807) is 6.92 Å². The standard InChI is InChI=1S/C18H28BrN3O.2ClH/c1-13(2)12-22-10-8-16(9-11-22)21-17(23)18(3,20)14-4-6-15(19)7-5-14;;/h4-7,13,16H,8-12,20H2,1-3H3,(H,21,23);2*1H. The third-order valence-electron chi connectivity index (χ3n) is 4.46. The third-order valence-corrected chi connectivity index (χ3v) is 4.99. The number of carbonyl (C=O) groups is 1. The maximum absolute atomic E-state index is 12.6. The molecule has 0 saturated carbocycles. The first kappa shape index (κ1) is 24.7. The van der Waals surface area contributed by atoms with Gasteiger partial charge in [-0.3, -0.25) is 4.79 Å². The molecule has 1 aromatic carbocycles. The number of amides is 1. The van der Waals surface area contributed by atoms with Crippen LogP contribution in [0.5, 0.6) is 0 Å². The van der Waals surface area contributed by atoms with E-state index in [0.717, 1.165) is 42.5 Å². The summed E-state index contributed by atoms with van der Waals surface area (Å²) in [7, 11) is 0. The minimum atomic E-state index is -1.00. The van der Waals surface area contributed by atoms with E-state index in [4.69, 9.17) is 5.73 Å². The highest BCUT2D eigenvalue weighted by molar-refractivity contribution is 9.10. The van der Waals surface area contributed by atoms with Crippen LogP contribution in [0.3, 0.4) is 0 Å². The molecule has 1 aromatic rings. The van der Waals surface area contributed by atoms with Crippen LogP contribution < -0.4 is 11.1 Å². The number of likely N-dealkylation sites (tertiary alicyclic amines) is 1. The molecule has 0 bridgehead atoms. The normalized spacial score (nSPS) is 18.0. The predicted octanol–water partition coefficient (Wildman–Crippen LogP) is 3.70. The second-order valence-electron chi connectivity index (χ2n) is 7.15. The number of nitrogens with zero attached hydrogens (tertiary/aromatic N) is 1. The number of halogens is 3. The number of nitrogens with two attached hydrogens (primary N) is 1. The van der Waals surface area contributed by atoms with Gasteiger partial charge in [-0.2, -0.15) is 0 Å². The molecular formula is C18H30BrCl2N3O. The van der Waals surface area contributed by atoms with E-state index in [1.165, 1.54) is 0 Å². The molecule has 1 saturated heterocycles. The average Bonchev–Trinajstić information content (AvgIpc) is 2.49. The Morgan fingerprint density at radius 1 is 1.28 bits per heavy atom. The Kier molecular flexibility index (Phi) is 10.6. The van der Waals surface area contributed by atoms with Crippen molar-refractivity contribution in [3.63, 3.8) is 0 Å². The molecule has 0 radical (unpaired) electrons. The lowest BCUT2D eigenvalue weighted by molar-refractivity contribution is -0.127. The molecule has 1 aliphatic heterocycles. The summed E-state index contributed by atoms with van der Waals surface area (Å²) in [6.45, 7) is 9.48. The zero-order valence-corrected chi connectivity index (χ0v) is 18.3. The second kappa shape index (κ2) is 10.7. The van der Waals surface area contributed by atoms with Gasteiger partial charge in [0.2, 0.25) is 5.91 Å². The average molecular weight is 455 g/mol. The van der Waals surface area contributed by atoms with Gasteiger partial charge in [-0.1, -0.05) is 41.9 Å². The number of nitrogens with one attached hydrogen (secondary N) is 1. The molecule has 1 atom stereocenters. The molecule has 4 nitrogen and oxygen atoms in total. The van der Waals surface area contributed by atoms with Gasteiger partial charge in [0.05, 0.1) is 0 Å². The van der Waals surface area contributed by atoms with Crippen LogP contribution in [-0.2, 0) is 10.3 Å². The SMILES string of the molecule is CC(C)CN1CCC(NC(=O)C(C)(N)c2ccc(Br)cc2)CC1.Cl.Cl. The van der Waals surface area contributed by atoms with Crippen molar-refractivity contribution >= 4 is 46.7 Å². The lowest BCUT2D eigenvalue weighted by Crippen LogP contribution is -2.54. The summed E-state index contributed by atoms with van der Waals surface area (Å²) in [6.07, 6.45) is 1.99. The van der Waals surface area contributed by atoms with Gasteiger partial charge >= 0.3 is 0 Å². The summed E-state index contributed by atoms with van der Waals surface area (Å²) in [4.78, 5) is 15.1. The van der Waals surface area contributed by atoms with Crippen LogP contribution in [0.1, 0.15) is 39.2 Å². The van der Waals surface area contributed by atoms with Crippen molar-refractivity contribution in [2.24, 2.45) is 11.7 Å². The maximum Gasteiger partial charge on any atom is 0.244 e. The molecule has 3 N–H and O–H groups in total.